The van der Waals surface area contributed by atoms with E-state index < -0.39 is 17.4 Å². The molecule has 134 valence electrons. The number of rotatable bonds is 8. The van der Waals surface area contributed by atoms with E-state index in [4.69, 9.17) is 14.2 Å². The van der Waals surface area contributed by atoms with Crippen molar-refractivity contribution in [3.05, 3.63) is 17.7 Å². The minimum absolute atomic E-state index is 0.0257. The molecule has 0 saturated heterocycles. The average molecular weight is 339 g/mol. The summed E-state index contributed by atoms with van der Waals surface area (Å²) < 4.78 is 15.1. The molecule has 0 saturated carbocycles. The summed E-state index contributed by atoms with van der Waals surface area (Å²) in [5.74, 6) is -0.194. The molecule has 2 N–H and O–H groups in total. The molecule has 24 heavy (non-hydrogen) atoms. The van der Waals surface area contributed by atoms with Gasteiger partial charge >= 0.3 is 5.97 Å². The Bertz CT molecular complexity index is 597. The summed E-state index contributed by atoms with van der Waals surface area (Å²) in [5, 5.41) is 12.6. The van der Waals surface area contributed by atoms with E-state index in [1.165, 1.54) is 20.3 Å². The van der Waals surface area contributed by atoms with Crippen molar-refractivity contribution < 1.29 is 28.9 Å². The van der Waals surface area contributed by atoms with Crippen LogP contribution in [0.15, 0.2) is 12.1 Å². The fourth-order valence-electron chi connectivity index (χ4n) is 2.37. The van der Waals surface area contributed by atoms with E-state index in [1.807, 2.05) is 13.8 Å². The van der Waals surface area contributed by atoms with Crippen LogP contribution in [0.2, 0.25) is 0 Å². The Hall–Kier alpha value is -2.44. The van der Waals surface area contributed by atoms with E-state index >= 15 is 0 Å². The highest BCUT2D eigenvalue weighted by Gasteiger charge is 2.25. The predicted molar refractivity (Wildman–Crippen MR) is 88.4 cm³/mol. The van der Waals surface area contributed by atoms with Gasteiger partial charge in [-0.1, -0.05) is 0 Å². The largest absolute Gasteiger partial charge is 0.504 e. The van der Waals surface area contributed by atoms with Gasteiger partial charge in [0.1, 0.15) is 12.2 Å². The van der Waals surface area contributed by atoms with Crippen LogP contribution in [0.5, 0.6) is 17.2 Å². The molecular weight excluding hydrogens is 314 g/mol. The maximum atomic E-state index is 12.0. The normalized spacial score (nSPS) is 10.9. The summed E-state index contributed by atoms with van der Waals surface area (Å²) >= 11 is 0. The van der Waals surface area contributed by atoms with Crippen molar-refractivity contribution in [3.63, 3.8) is 0 Å². The molecule has 1 aromatic rings. The van der Waals surface area contributed by atoms with E-state index in [9.17, 15) is 14.7 Å². The van der Waals surface area contributed by atoms with Crippen molar-refractivity contribution in [1.29, 1.82) is 0 Å². The maximum Gasteiger partial charge on any atom is 0.315 e. The third-order valence-corrected chi connectivity index (χ3v) is 3.30. The number of hydrogen-bond donors (Lipinski definition) is 2. The maximum absolute atomic E-state index is 12.0. The number of phenols is 1. The SMILES string of the molecule is CCOC(=O)CC(=O)NC(C)(C)Cc1cc(OC)c(O)cc1OC. The quantitative estimate of drug-likeness (QED) is 0.554. The number of methoxy groups -OCH3 is 2. The first-order chi connectivity index (χ1) is 11.2. The van der Waals surface area contributed by atoms with Gasteiger partial charge in [-0.2, -0.15) is 0 Å². The van der Waals surface area contributed by atoms with Gasteiger partial charge in [0, 0.05) is 17.2 Å². The van der Waals surface area contributed by atoms with Gasteiger partial charge in [-0.15, -0.1) is 0 Å². The molecule has 0 radical (unpaired) electrons. The Morgan fingerprint density at radius 3 is 2.33 bits per heavy atom. The number of phenolic OH excluding ortho intramolecular Hbond substituents is 1. The number of benzene rings is 1. The highest BCUT2D eigenvalue weighted by atomic mass is 16.5. The minimum atomic E-state index is -0.640. The van der Waals surface area contributed by atoms with E-state index in [1.54, 1.807) is 13.0 Å². The summed E-state index contributed by atoms with van der Waals surface area (Å²) in [7, 11) is 2.95. The molecule has 7 nitrogen and oxygen atoms in total. The summed E-state index contributed by atoms with van der Waals surface area (Å²) in [6.45, 7) is 5.58. The van der Waals surface area contributed by atoms with Gasteiger partial charge in [0.05, 0.1) is 20.8 Å². The molecule has 0 fully saturated rings. The average Bonchev–Trinajstić information content (AvgIpc) is 2.47. The Morgan fingerprint density at radius 1 is 1.17 bits per heavy atom. The van der Waals surface area contributed by atoms with E-state index in [2.05, 4.69) is 5.32 Å². The molecule has 0 heterocycles. The number of nitrogens with one attached hydrogen (secondary N) is 1. The number of hydrogen-bond acceptors (Lipinski definition) is 6. The standard InChI is InChI=1S/C17H25NO6/c1-6-24-16(21)9-15(20)18-17(2,3)10-11-7-14(23-5)12(19)8-13(11)22-4/h7-8,19H,6,9-10H2,1-5H3,(H,18,20). The number of amides is 1. The van der Waals surface area contributed by atoms with Gasteiger partial charge in [0.25, 0.3) is 0 Å². The lowest BCUT2D eigenvalue weighted by Crippen LogP contribution is -2.45. The first-order valence-corrected chi connectivity index (χ1v) is 7.63. The number of carbonyl (C=O) groups is 2. The van der Waals surface area contributed by atoms with Crippen molar-refractivity contribution in [3.8, 4) is 17.2 Å². The molecule has 0 spiro atoms. The Labute approximate surface area is 141 Å². The first kappa shape index (κ1) is 19.6. The molecule has 0 atom stereocenters. The van der Waals surface area contributed by atoms with E-state index in [-0.39, 0.29) is 18.8 Å². The summed E-state index contributed by atoms with van der Waals surface area (Å²) in [5.41, 5.74) is 0.118. The zero-order chi connectivity index (χ0) is 18.3. The van der Waals surface area contributed by atoms with Crippen LogP contribution in [0.25, 0.3) is 0 Å². The second-order valence-corrected chi connectivity index (χ2v) is 5.93. The summed E-state index contributed by atoms with van der Waals surface area (Å²) in [6.07, 6.45) is 0.0919. The predicted octanol–water partition coefficient (Wildman–Crippen LogP) is 1.80. The second-order valence-electron chi connectivity index (χ2n) is 5.93. The Morgan fingerprint density at radius 2 is 1.79 bits per heavy atom. The molecule has 0 unspecified atom stereocenters. The van der Waals surface area contributed by atoms with Crippen LogP contribution in [0.4, 0.5) is 0 Å². The van der Waals surface area contributed by atoms with E-state index in [0.29, 0.717) is 17.9 Å². The van der Waals surface area contributed by atoms with Crippen molar-refractivity contribution in [1.82, 2.24) is 5.32 Å². The third-order valence-electron chi connectivity index (χ3n) is 3.30. The number of aromatic hydroxyl groups is 1. The smallest absolute Gasteiger partial charge is 0.315 e. The molecule has 0 aromatic heterocycles. The lowest BCUT2D eigenvalue weighted by atomic mass is 9.93. The van der Waals surface area contributed by atoms with Crippen molar-refractivity contribution in [2.75, 3.05) is 20.8 Å². The van der Waals surface area contributed by atoms with Gasteiger partial charge in [0.2, 0.25) is 5.91 Å². The zero-order valence-corrected chi connectivity index (χ0v) is 14.8. The monoisotopic (exact) mass is 339 g/mol. The van der Waals surface area contributed by atoms with Crippen LogP contribution in [0, 0.1) is 0 Å². The minimum Gasteiger partial charge on any atom is -0.504 e. The van der Waals surface area contributed by atoms with Gasteiger partial charge < -0.3 is 24.6 Å². The van der Waals surface area contributed by atoms with Crippen LogP contribution in [0.3, 0.4) is 0 Å². The molecule has 0 aliphatic rings. The zero-order valence-electron chi connectivity index (χ0n) is 14.8. The fraction of sp³-hybridized carbons (Fsp3) is 0.529. The molecule has 1 aromatic carbocycles. The Balaban J connectivity index is 2.86. The summed E-state index contributed by atoms with van der Waals surface area (Å²) in [4.78, 5) is 23.3. The molecule has 0 aliphatic carbocycles. The van der Waals surface area contributed by atoms with Gasteiger partial charge in [-0.3, -0.25) is 9.59 Å². The fourth-order valence-corrected chi connectivity index (χ4v) is 2.37. The topological polar surface area (TPSA) is 94.1 Å². The lowest BCUT2D eigenvalue weighted by molar-refractivity contribution is -0.146. The highest BCUT2D eigenvalue weighted by Crippen LogP contribution is 2.35. The van der Waals surface area contributed by atoms with Crippen molar-refractivity contribution in [2.45, 2.75) is 39.2 Å². The molecule has 0 bridgehead atoms. The van der Waals surface area contributed by atoms with Crippen LogP contribution in [0.1, 0.15) is 32.8 Å². The number of esters is 1. The van der Waals surface area contributed by atoms with Crippen molar-refractivity contribution in [2.24, 2.45) is 0 Å². The molecule has 0 aliphatic heterocycles. The molecular formula is C17H25NO6. The summed E-state index contributed by atoms with van der Waals surface area (Å²) in [6, 6.07) is 3.12. The first-order valence-electron chi connectivity index (χ1n) is 7.63. The van der Waals surface area contributed by atoms with Crippen LogP contribution >= 0.6 is 0 Å². The van der Waals surface area contributed by atoms with E-state index in [0.717, 1.165) is 5.56 Å². The van der Waals surface area contributed by atoms with Gasteiger partial charge in [0.15, 0.2) is 11.5 Å². The number of carbonyl (C=O) groups excluding carboxylic acids is 2. The number of ether oxygens (including phenoxy) is 3. The Kier molecular flexibility index (Phi) is 6.88. The van der Waals surface area contributed by atoms with Crippen LogP contribution in [-0.2, 0) is 20.7 Å². The second kappa shape index (κ2) is 8.42. The van der Waals surface area contributed by atoms with Crippen molar-refractivity contribution >= 4 is 11.9 Å². The molecule has 1 amide bonds. The van der Waals surface area contributed by atoms with Gasteiger partial charge in [-0.25, -0.2) is 0 Å². The lowest BCUT2D eigenvalue weighted by Gasteiger charge is -2.27. The highest BCUT2D eigenvalue weighted by molar-refractivity contribution is 5.94. The van der Waals surface area contributed by atoms with Gasteiger partial charge in [-0.05, 0) is 33.3 Å². The molecule has 7 heteroatoms. The van der Waals surface area contributed by atoms with Crippen LogP contribution in [-0.4, -0.2) is 43.3 Å². The molecule has 1 rings (SSSR count). The third kappa shape index (κ3) is 5.64. The van der Waals surface area contributed by atoms with Crippen LogP contribution < -0.4 is 14.8 Å².